The van der Waals surface area contributed by atoms with Crippen LogP contribution in [0.2, 0.25) is 0 Å². The third-order valence-electron chi connectivity index (χ3n) is 6.26. The van der Waals surface area contributed by atoms with E-state index in [1.54, 1.807) is 24.3 Å². The summed E-state index contributed by atoms with van der Waals surface area (Å²) >= 11 is 6.82. The van der Waals surface area contributed by atoms with Crippen LogP contribution in [-0.2, 0) is 17.6 Å². The Hall–Kier alpha value is -2.89. The molecule has 2 atom stereocenters. The Morgan fingerprint density at radius 1 is 1.24 bits per heavy atom. The van der Waals surface area contributed by atoms with Gasteiger partial charge in [0.2, 0.25) is 5.91 Å². The quantitative estimate of drug-likeness (QED) is 0.475. The van der Waals surface area contributed by atoms with E-state index in [1.165, 1.54) is 11.3 Å². The average Bonchev–Trinajstić information content (AvgIpc) is 3.03. The van der Waals surface area contributed by atoms with Gasteiger partial charge in [0.15, 0.2) is 0 Å². The van der Waals surface area contributed by atoms with Crippen LogP contribution in [0.15, 0.2) is 24.3 Å². The second-order valence-electron chi connectivity index (χ2n) is 9.17. The Bertz CT molecular complexity index is 1220. The number of carbonyl (C=O) groups is 3. The number of nitrogens with one attached hydrogen (secondary N) is 1. The largest absolute Gasteiger partial charge is 0.315 e. The monoisotopic (exact) mass is 479 g/mol. The fraction of sp³-hybridized carbons (Fsp3) is 0.400. The highest BCUT2D eigenvalue weighted by atomic mass is 32.1. The highest BCUT2D eigenvalue weighted by molar-refractivity contribution is 7.73. The summed E-state index contributed by atoms with van der Waals surface area (Å²) < 4.78 is 0.673. The van der Waals surface area contributed by atoms with Crippen molar-refractivity contribution < 1.29 is 14.4 Å². The molecule has 1 aromatic carbocycles. The predicted octanol–water partition coefficient (Wildman–Crippen LogP) is 5.12. The van der Waals surface area contributed by atoms with Gasteiger partial charge >= 0.3 is 0 Å². The van der Waals surface area contributed by atoms with Gasteiger partial charge in [-0.15, -0.1) is 11.3 Å². The van der Waals surface area contributed by atoms with Crippen LogP contribution in [0.5, 0.6) is 0 Å². The van der Waals surface area contributed by atoms with E-state index in [1.807, 2.05) is 13.8 Å². The summed E-state index contributed by atoms with van der Waals surface area (Å²) in [5, 5.41) is 13.1. The third kappa shape index (κ3) is 4.23. The average molecular weight is 480 g/mol. The number of anilines is 1. The molecule has 3 amide bonds. The van der Waals surface area contributed by atoms with Crippen molar-refractivity contribution in [2.45, 2.75) is 52.5 Å². The second-order valence-corrected chi connectivity index (χ2v) is 10.9. The van der Waals surface area contributed by atoms with Crippen molar-refractivity contribution in [3.05, 3.63) is 55.9 Å². The molecule has 8 heteroatoms. The lowest BCUT2D eigenvalue weighted by Gasteiger charge is -2.27. The number of fused-ring (bicyclic) bond motifs is 2. The van der Waals surface area contributed by atoms with Crippen molar-refractivity contribution in [1.29, 1.82) is 5.26 Å². The van der Waals surface area contributed by atoms with Crippen LogP contribution in [0.1, 0.15) is 71.0 Å². The Labute approximate surface area is 202 Å². The molecular weight excluding hydrogens is 454 g/mol. The van der Waals surface area contributed by atoms with E-state index in [9.17, 15) is 19.6 Å². The van der Waals surface area contributed by atoms with E-state index in [4.69, 9.17) is 12.2 Å². The second kappa shape index (κ2) is 9.16. The van der Waals surface area contributed by atoms with Gasteiger partial charge in [0, 0.05) is 0 Å². The van der Waals surface area contributed by atoms with Crippen molar-refractivity contribution in [3.8, 4) is 6.07 Å². The van der Waals surface area contributed by atoms with Gasteiger partial charge in [-0.2, -0.15) is 5.26 Å². The van der Waals surface area contributed by atoms with Crippen molar-refractivity contribution in [2.24, 2.45) is 11.8 Å². The first-order valence-electron chi connectivity index (χ1n) is 11.1. The normalized spacial score (nSPS) is 18.0. The summed E-state index contributed by atoms with van der Waals surface area (Å²) in [5.41, 5.74) is 2.99. The molecule has 1 aliphatic carbocycles. The number of carbonyl (C=O) groups excluding carboxylic acids is 3. The first-order valence-corrected chi connectivity index (χ1v) is 12.3. The summed E-state index contributed by atoms with van der Waals surface area (Å²) in [6.45, 7) is 6.04. The molecule has 0 saturated heterocycles. The van der Waals surface area contributed by atoms with Gasteiger partial charge in [0.05, 0.1) is 20.5 Å². The molecule has 0 saturated carbocycles. The molecule has 4 rings (SSSR count). The molecule has 1 N–H and O–H groups in total. The summed E-state index contributed by atoms with van der Waals surface area (Å²) in [7, 11) is 0. The molecule has 0 bridgehead atoms. The molecule has 6 nitrogen and oxygen atoms in total. The van der Waals surface area contributed by atoms with Gasteiger partial charge in [-0.25, -0.2) is 0 Å². The molecule has 2 unspecified atom stereocenters. The summed E-state index contributed by atoms with van der Waals surface area (Å²) in [4.78, 5) is 40.6. The minimum absolute atomic E-state index is 0.0590. The van der Waals surface area contributed by atoms with Gasteiger partial charge in [-0.05, 0) is 60.8 Å². The molecule has 0 radical (unpaired) electrons. The maximum absolute atomic E-state index is 13.5. The molecule has 2 heterocycles. The number of nitriles is 1. The first kappa shape index (κ1) is 23.3. The number of amides is 3. The zero-order valence-corrected chi connectivity index (χ0v) is 20.4. The number of nitrogens with zero attached hydrogens (tertiary/aromatic N) is 2. The maximum Gasteiger partial charge on any atom is 0.262 e. The molecular formula is C25H25N3O3S2. The smallest absolute Gasteiger partial charge is 0.262 e. The van der Waals surface area contributed by atoms with Gasteiger partial charge in [-0.1, -0.05) is 45.1 Å². The number of imide groups is 1. The molecule has 33 heavy (non-hydrogen) atoms. The fourth-order valence-electron chi connectivity index (χ4n) is 4.61. The van der Waals surface area contributed by atoms with Crippen LogP contribution in [-0.4, -0.2) is 28.7 Å². The van der Waals surface area contributed by atoms with Crippen molar-refractivity contribution >= 4 is 46.3 Å². The van der Waals surface area contributed by atoms with E-state index in [-0.39, 0.29) is 5.92 Å². The van der Waals surface area contributed by atoms with Gasteiger partial charge in [0.1, 0.15) is 17.1 Å². The minimum Gasteiger partial charge on any atom is -0.315 e. The van der Waals surface area contributed by atoms with Crippen LogP contribution >= 0.6 is 23.6 Å². The summed E-state index contributed by atoms with van der Waals surface area (Å²) in [5.74, 6) is -0.858. The lowest BCUT2D eigenvalue weighted by atomic mass is 9.85. The highest BCUT2D eigenvalue weighted by Gasteiger charge is 2.43. The standard InChI is InChI=1S/C25H25N3O3S2/c1-13(2)10-20(28-23(30)16-6-4-5-7-17(16)24(28)31)21(29)27-22-19(12-26)15-9-8-14(3)11-18(15)25(32)33-22/h4-7,13-14,20H,8-11H2,1-3H3,(H,27,29). The molecule has 2 aromatic rings. The molecule has 0 fully saturated rings. The van der Waals surface area contributed by atoms with Crippen LogP contribution in [0, 0.1) is 27.0 Å². The lowest BCUT2D eigenvalue weighted by molar-refractivity contribution is -0.120. The summed E-state index contributed by atoms with van der Waals surface area (Å²) in [6, 6.07) is 7.87. The highest BCUT2D eigenvalue weighted by Crippen LogP contribution is 2.36. The van der Waals surface area contributed by atoms with Crippen LogP contribution in [0.25, 0.3) is 0 Å². The van der Waals surface area contributed by atoms with Crippen molar-refractivity contribution in [2.75, 3.05) is 5.32 Å². The summed E-state index contributed by atoms with van der Waals surface area (Å²) in [6.07, 6.45) is 2.85. The Balaban J connectivity index is 1.70. The van der Waals surface area contributed by atoms with Crippen molar-refractivity contribution in [1.82, 2.24) is 4.90 Å². The van der Waals surface area contributed by atoms with Crippen LogP contribution in [0.4, 0.5) is 5.00 Å². The number of rotatable bonds is 5. The molecule has 0 spiro atoms. The maximum atomic E-state index is 13.5. The number of benzene rings is 1. The zero-order valence-electron chi connectivity index (χ0n) is 18.8. The van der Waals surface area contributed by atoms with Gasteiger partial charge < -0.3 is 5.32 Å². The van der Waals surface area contributed by atoms with Crippen LogP contribution < -0.4 is 5.32 Å². The van der Waals surface area contributed by atoms with Gasteiger partial charge in [-0.3, -0.25) is 19.3 Å². The zero-order chi connectivity index (χ0) is 23.9. The Kier molecular flexibility index (Phi) is 6.46. The number of hydrogen-bond acceptors (Lipinski definition) is 6. The first-order chi connectivity index (χ1) is 15.7. The Morgan fingerprint density at radius 3 is 2.45 bits per heavy atom. The molecule has 2 aliphatic rings. The molecule has 1 aromatic heterocycles. The SMILES string of the molecule is CC(C)CC(C(=O)Nc1sc(=S)c2c(c1C#N)CCC(C)C2)N1C(=O)c2ccccc2C1=O. The van der Waals surface area contributed by atoms with Gasteiger partial charge in [0.25, 0.3) is 11.8 Å². The van der Waals surface area contributed by atoms with E-state index in [2.05, 4.69) is 18.3 Å². The minimum atomic E-state index is -0.985. The van der Waals surface area contributed by atoms with E-state index < -0.39 is 23.8 Å². The molecule has 170 valence electrons. The predicted molar refractivity (Wildman–Crippen MR) is 130 cm³/mol. The van der Waals surface area contributed by atoms with E-state index in [0.29, 0.717) is 37.9 Å². The lowest BCUT2D eigenvalue weighted by Crippen LogP contribution is -2.48. The van der Waals surface area contributed by atoms with E-state index in [0.717, 1.165) is 35.3 Å². The third-order valence-corrected chi connectivity index (χ3v) is 7.70. The van der Waals surface area contributed by atoms with E-state index >= 15 is 0 Å². The Morgan fingerprint density at radius 2 is 1.88 bits per heavy atom. The molecule has 1 aliphatic heterocycles. The fourth-order valence-corrected chi connectivity index (χ4v) is 6.00. The van der Waals surface area contributed by atoms with Crippen LogP contribution in [0.3, 0.4) is 0 Å². The number of hydrogen-bond donors (Lipinski definition) is 1. The van der Waals surface area contributed by atoms with Crippen molar-refractivity contribution in [3.63, 3.8) is 0 Å². The topological polar surface area (TPSA) is 90.3 Å².